The van der Waals surface area contributed by atoms with Gasteiger partial charge in [0.2, 0.25) is 6.79 Å². The fourth-order valence-electron chi connectivity index (χ4n) is 3.15. The summed E-state index contributed by atoms with van der Waals surface area (Å²) < 4.78 is 12.6. The van der Waals surface area contributed by atoms with Crippen molar-refractivity contribution >= 4 is 22.9 Å². The van der Waals surface area contributed by atoms with Crippen LogP contribution in [0, 0.1) is 0 Å². The molecule has 0 saturated carbocycles. The number of aromatic nitrogens is 2. The fourth-order valence-corrected chi connectivity index (χ4v) is 3.79. The van der Waals surface area contributed by atoms with Crippen LogP contribution < -0.4 is 14.8 Å². The van der Waals surface area contributed by atoms with Gasteiger partial charge in [0.1, 0.15) is 5.65 Å². The molecule has 0 fully saturated rings. The number of fused-ring (bicyclic) bond motifs is 2. The third-order valence-corrected chi connectivity index (χ3v) is 5.11. The Morgan fingerprint density at radius 2 is 2.11 bits per heavy atom. The van der Waals surface area contributed by atoms with Crippen LogP contribution >= 0.6 is 11.3 Å². The van der Waals surface area contributed by atoms with Gasteiger partial charge in [-0.25, -0.2) is 4.98 Å². The van der Waals surface area contributed by atoms with Crippen LogP contribution in [0.4, 0.5) is 0 Å². The molecule has 4 aromatic rings. The van der Waals surface area contributed by atoms with E-state index in [9.17, 15) is 4.79 Å². The van der Waals surface area contributed by atoms with Crippen molar-refractivity contribution in [1.82, 2.24) is 14.7 Å². The molecule has 3 aromatic heterocycles. The summed E-state index contributed by atoms with van der Waals surface area (Å²) in [6.07, 6.45) is 1.92. The van der Waals surface area contributed by atoms with E-state index in [1.807, 2.05) is 63.8 Å². The number of amides is 1. The van der Waals surface area contributed by atoms with Crippen molar-refractivity contribution in [2.75, 3.05) is 6.79 Å². The summed E-state index contributed by atoms with van der Waals surface area (Å²) in [5.41, 5.74) is 3.88. The van der Waals surface area contributed by atoms with Crippen LogP contribution in [0.25, 0.3) is 16.9 Å². The number of nitrogens with zero attached hydrogens (tertiary/aromatic N) is 2. The summed E-state index contributed by atoms with van der Waals surface area (Å²) >= 11 is 1.59. The van der Waals surface area contributed by atoms with Crippen LogP contribution in [-0.2, 0) is 6.54 Å². The second kappa shape index (κ2) is 6.44. The molecule has 4 heterocycles. The van der Waals surface area contributed by atoms with Gasteiger partial charge in [-0.05, 0) is 41.3 Å². The number of imidazole rings is 1. The number of benzene rings is 1. The Kier molecular flexibility index (Phi) is 3.79. The molecular formula is C20H15N3O3S. The molecule has 1 aliphatic rings. The standard InChI is InChI=1S/C20H15N3O3S/c24-20(21-10-13-4-5-15-16(9-13)26-12-25-15)18-19(14-6-8-27-11-14)23-7-2-1-3-17(23)22-18/h1-9,11H,10,12H2,(H,21,24). The maximum Gasteiger partial charge on any atom is 0.272 e. The average molecular weight is 377 g/mol. The predicted octanol–water partition coefficient (Wildman–Crippen LogP) is 3.72. The van der Waals surface area contributed by atoms with Gasteiger partial charge in [0.05, 0.1) is 5.69 Å². The van der Waals surface area contributed by atoms with E-state index in [0.717, 1.165) is 28.2 Å². The molecule has 1 aliphatic heterocycles. The fraction of sp³-hybridized carbons (Fsp3) is 0.100. The van der Waals surface area contributed by atoms with Gasteiger partial charge in [-0.15, -0.1) is 0 Å². The minimum absolute atomic E-state index is 0.211. The second-order valence-electron chi connectivity index (χ2n) is 6.12. The van der Waals surface area contributed by atoms with Gasteiger partial charge in [0.15, 0.2) is 17.2 Å². The number of hydrogen-bond acceptors (Lipinski definition) is 5. The largest absolute Gasteiger partial charge is 0.454 e. The second-order valence-corrected chi connectivity index (χ2v) is 6.90. The summed E-state index contributed by atoms with van der Waals surface area (Å²) in [7, 11) is 0. The molecule has 27 heavy (non-hydrogen) atoms. The van der Waals surface area contributed by atoms with Crippen molar-refractivity contribution in [3.63, 3.8) is 0 Å². The van der Waals surface area contributed by atoms with Crippen LogP contribution in [-0.4, -0.2) is 22.1 Å². The third kappa shape index (κ3) is 2.82. The monoisotopic (exact) mass is 377 g/mol. The molecule has 6 nitrogen and oxygen atoms in total. The van der Waals surface area contributed by atoms with Crippen molar-refractivity contribution in [3.8, 4) is 22.8 Å². The number of ether oxygens (including phenoxy) is 2. The maximum absolute atomic E-state index is 12.9. The summed E-state index contributed by atoms with van der Waals surface area (Å²) in [6.45, 7) is 0.614. The smallest absolute Gasteiger partial charge is 0.272 e. The molecule has 0 unspecified atom stereocenters. The summed E-state index contributed by atoms with van der Waals surface area (Å²) in [6, 6.07) is 13.4. The number of pyridine rings is 1. The first-order chi connectivity index (χ1) is 13.3. The van der Waals surface area contributed by atoms with Gasteiger partial charge < -0.3 is 14.8 Å². The van der Waals surface area contributed by atoms with Gasteiger partial charge in [0.25, 0.3) is 5.91 Å². The molecule has 1 amide bonds. The molecule has 0 radical (unpaired) electrons. The third-order valence-electron chi connectivity index (χ3n) is 4.43. The Hall–Kier alpha value is -3.32. The molecule has 1 N–H and O–H groups in total. The van der Waals surface area contributed by atoms with Crippen molar-refractivity contribution in [3.05, 3.63) is 70.7 Å². The normalized spacial score (nSPS) is 12.4. The van der Waals surface area contributed by atoms with Crippen molar-refractivity contribution in [1.29, 1.82) is 0 Å². The van der Waals surface area contributed by atoms with E-state index in [4.69, 9.17) is 9.47 Å². The number of carbonyl (C=O) groups excluding carboxylic acids is 1. The molecule has 0 spiro atoms. The van der Waals surface area contributed by atoms with Crippen LogP contribution in [0.1, 0.15) is 16.1 Å². The highest BCUT2D eigenvalue weighted by Gasteiger charge is 2.20. The molecule has 7 heteroatoms. The lowest BCUT2D eigenvalue weighted by Crippen LogP contribution is -2.23. The van der Waals surface area contributed by atoms with Crippen molar-refractivity contribution in [2.45, 2.75) is 6.54 Å². The number of hydrogen-bond donors (Lipinski definition) is 1. The Morgan fingerprint density at radius 3 is 3.00 bits per heavy atom. The predicted molar refractivity (Wildman–Crippen MR) is 102 cm³/mol. The summed E-state index contributed by atoms with van der Waals surface area (Å²) in [4.78, 5) is 17.4. The van der Waals surface area contributed by atoms with E-state index < -0.39 is 0 Å². The Bertz CT molecular complexity index is 1130. The quantitative estimate of drug-likeness (QED) is 0.589. The Labute approximate surface area is 159 Å². The average Bonchev–Trinajstić information content (AvgIpc) is 3.43. The molecule has 5 rings (SSSR count). The van der Waals surface area contributed by atoms with Gasteiger partial charge in [-0.3, -0.25) is 9.20 Å². The number of thiophene rings is 1. The number of carbonyl (C=O) groups is 1. The zero-order chi connectivity index (χ0) is 18.2. The van der Waals surface area contributed by atoms with E-state index in [2.05, 4.69) is 10.3 Å². The van der Waals surface area contributed by atoms with Crippen molar-refractivity contribution < 1.29 is 14.3 Å². The Balaban J connectivity index is 1.45. The minimum atomic E-state index is -0.211. The lowest BCUT2D eigenvalue weighted by molar-refractivity contribution is 0.0947. The summed E-state index contributed by atoms with van der Waals surface area (Å²) in [5.74, 6) is 1.22. The van der Waals surface area contributed by atoms with Crippen LogP contribution in [0.15, 0.2) is 59.4 Å². The molecule has 1 aromatic carbocycles. The molecule has 0 aliphatic carbocycles. The topological polar surface area (TPSA) is 64.9 Å². The first-order valence-corrected chi connectivity index (χ1v) is 9.40. The highest BCUT2D eigenvalue weighted by Crippen LogP contribution is 2.32. The molecule has 0 bridgehead atoms. The first-order valence-electron chi connectivity index (χ1n) is 8.46. The highest BCUT2D eigenvalue weighted by molar-refractivity contribution is 7.08. The summed E-state index contributed by atoms with van der Waals surface area (Å²) in [5, 5.41) is 6.97. The van der Waals surface area contributed by atoms with E-state index >= 15 is 0 Å². The van der Waals surface area contributed by atoms with E-state index in [1.165, 1.54) is 0 Å². The Morgan fingerprint density at radius 1 is 1.19 bits per heavy atom. The number of rotatable bonds is 4. The first kappa shape index (κ1) is 15.9. The lowest BCUT2D eigenvalue weighted by Gasteiger charge is -2.07. The van der Waals surface area contributed by atoms with E-state index in [0.29, 0.717) is 18.0 Å². The molecule has 0 saturated heterocycles. The van der Waals surface area contributed by atoms with Gasteiger partial charge in [0, 0.05) is 23.7 Å². The SMILES string of the molecule is O=C(NCc1ccc2c(c1)OCO2)c1nc2ccccn2c1-c1ccsc1. The number of nitrogens with one attached hydrogen (secondary N) is 1. The molecule has 134 valence electrons. The molecule has 0 atom stereocenters. The van der Waals surface area contributed by atoms with Gasteiger partial charge >= 0.3 is 0 Å². The lowest BCUT2D eigenvalue weighted by atomic mass is 10.1. The van der Waals surface area contributed by atoms with Gasteiger partial charge in [-0.1, -0.05) is 12.1 Å². The van der Waals surface area contributed by atoms with E-state index in [-0.39, 0.29) is 12.7 Å². The van der Waals surface area contributed by atoms with Crippen LogP contribution in [0.2, 0.25) is 0 Å². The maximum atomic E-state index is 12.9. The van der Waals surface area contributed by atoms with Crippen molar-refractivity contribution in [2.24, 2.45) is 0 Å². The molecular weight excluding hydrogens is 362 g/mol. The highest BCUT2D eigenvalue weighted by atomic mass is 32.1. The zero-order valence-electron chi connectivity index (χ0n) is 14.2. The van der Waals surface area contributed by atoms with E-state index in [1.54, 1.807) is 11.3 Å². The zero-order valence-corrected chi connectivity index (χ0v) is 15.0. The van der Waals surface area contributed by atoms with Crippen LogP contribution in [0.3, 0.4) is 0 Å². The van der Waals surface area contributed by atoms with Gasteiger partial charge in [-0.2, -0.15) is 11.3 Å². The minimum Gasteiger partial charge on any atom is -0.454 e. The van der Waals surface area contributed by atoms with Crippen LogP contribution in [0.5, 0.6) is 11.5 Å².